The van der Waals surface area contributed by atoms with Crippen LogP contribution in [0.25, 0.3) is 5.57 Å². The van der Waals surface area contributed by atoms with Crippen molar-refractivity contribution in [3.63, 3.8) is 0 Å². The minimum atomic E-state index is -0.285. The predicted molar refractivity (Wildman–Crippen MR) is 84.9 cm³/mol. The number of hydrogen-bond acceptors (Lipinski definition) is 2. The molecule has 1 aromatic carbocycles. The van der Waals surface area contributed by atoms with Gasteiger partial charge in [0, 0.05) is 35.2 Å². The van der Waals surface area contributed by atoms with Gasteiger partial charge in [0.2, 0.25) is 0 Å². The van der Waals surface area contributed by atoms with Crippen molar-refractivity contribution in [2.75, 3.05) is 11.9 Å². The Bertz CT molecular complexity index is 618. The first-order valence-corrected chi connectivity index (χ1v) is 6.84. The third kappa shape index (κ3) is 3.54. The molecule has 0 saturated heterocycles. The van der Waals surface area contributed by atoms with E-state index in [4.69, 9.17) is 0 Å². The van der Waals surface area contributed by atoms with Crippen LogP contribution in [0.15, 0.2) is 65.9 Å². The molecule has 2 nitrogen and oxygen atoms in total. The van der Waals surface area contributed by atoms with E-state index in [-0.39, 0.29) is 5.82 Å². The van der Waals surface area contributed by atoms with Gasteiger partial charge in [0.15, 0.2) is 0 Å². The van der Waals surface area contributed by atoms with Gasteiger partial charge in [-0.2, -0.15) is 0 Å². The lowest BCUT2D eigenvalue weighted by Gasteiger charge is -2.16. The maximum absolute atomic E-state index is 13.4. The van der Waals surface area contributed by atoms with Crippen molar-refractivity contribution in [2.45, 2.75) is 0 Å². The second kappa shape index (κ2) is 6.48. The number of rotatable bonds is 4. The zero-order valence-corrected chi connectivity index (χ0v) is 12.6. The van der Waals surface area contributed by atoms with Gasteiger partial charge in [-0.3, -0.25) is 4.98 Å². The van der Waals surface area contributed by atoms with Crippen LogP contribution >= 0.6 is 15.9 Å². The van der Waals surface area contributed by atoms with Gasteiger partial charge in [0.1, 0.15) is 5.82 Å². The Kier molecular flexibility index (Phi) is 4.69. The third-order valence-electron chi connectivity index (χ3n) is 2.77. The van der Waals surface area contributed by atoms with E-state index >= 15 is 0 Å². The summed E-state index contributed by atoms with van der Waals surface area (Å²) in [5, 5.41) is 0. The molecule has 4 heteroatoms. The first-order valence-electron chi connectivity index (χ1n) is 6.05. The number of anilines is 1. The molecule has 0 aliphatic heterocycles. The standard InChI is InChI=1S/C16H14BrFN2/c1-3-12(16-6-4-5-7-19-16)11-20(2)15-9-13(17)8-14(18)10-15/h3-11H,1H2,2H3/b12-11+. The van der Waals surface area contributed by atoms with E-state index in [0.717, 1.165) is 17.0 Å². The van der Waals surface area contributed by atoms with E-state index in [2.05, 4.69) is 27.5 Å². The molecule has 0 saturated carbocycles. The lowest BCUT2D eigenvalue weighted by Crippen LogP contribution is -2.09. The molecular weight excluding hydrogens is 319 g/mol. The Labute approximate surface area is 126 Å². The minimum absolute atomic E-state index is 0.285. The van der Waals surface area contributed by atoms with E-state index in [1.54, 1.807) is 12.3 Å². The second-order valence-corrected chi connectivity index (χ2v) is 5.16. The molecule has 2 rings (SSSR count). The molecule has 0 amide bonds. The molecule has 0 N–H and O–H groups in total. The predicted octanol–water partition coefficient (Wildman–Crippen LogP) is 4.65. The summed E-state index contributed by atoms with van der Waals surface area (Å²) in [6, 6.07) is 10.4. The maximum Gasteiger partial charge on any atom is 0.126 e. The Balaban J connectivity index is 2.34. The van der Waals surface area contributed by atoms with Crippen molar-refractivity contribution in [3.8, 4) is 0 Å². The summed E-state index contributed by atoms with van der Waals surface area (Å²) in [7, 11) is 1.85. The van der Waals surface area contributed by atoms with Gasteiger partial charge >= 0.3 is 0 Å². The van der Waals surface area contributed by atoms with Crippen molar-refractivity contribution in [3.05, 3.63) is 77.4 Å². The quantitative estimate of drug-likeness (QED) is 0.758. The second-order valence-electron chi connectivity index (χ2n) is 4.24. The number of halogens is 2. The van der Waals surface area contributed by atoms with Crippen LogP contribution in [0.5, 0.6) is 0 Å². The molecule has 0 bridgehead atoms. The molecule has 0 aliphatic rings. The molecule has 0 fully saturated rings. The van der Waals surface area contributed by atoms with Gasteiger partial charge in [-0.25, -0.2) is 4.39 Å². The number of aromatic nitrogens is 1. The van der Waals surface area contributed by atoms with Crippen LogP contribution in [0.4, 0.5) is 10.1 Å². The fourth-order valence-electron chi connectivity index (χ4n) is 1.78. The average molecular weight is 333 g/mol. The molecule has 0 radical (unpaired) electrons. The molecule has 1 heterocycles. The minimum Gasteiger partial charge on any atom is -0.350 e. The fraction of sp³-hybridized carbons (Fsp3) is 0.0625. The van der Waals surface area contributed by atoms with Crippen LogP contribution in [0.1, 0.15) is 5.69 Å². The van der Waals surface area contributed by atoms with Crippen LogP contribution in [0.3, 0.4) is 0 Å². The highest BCUT2D eigenvalue weighted by Crippen LogP contribution is 2.23. The summed E-state index contributed by atoms with van der Waals surface area (Å²) in [5.41, 5.74) is 2.44. The summed E-state index contributed by atoms with van der Waals surface area (Å²) in [4.78, 5) is 6.12. The van der Waals surface area contributed by atoms with Gasteiger partial charge in [-0.15, -0.1) is 0 Å². The van der Waals surface area contributed by atoms with Crippen molar-refractivity contribution in [1.29, 1.82) is 0 Å². The molecule has 2 aromatic rings. The Morgan fingerprint density at radius 1 is 1.35 bits per heavy atom. The van der Waals surface area contributed by atoms with Gasteiger partial charge in [0.05, 0.1) is 5.69 Å². The monoisotopic (exact) mass is 332 g/mol. The molecule has 1 aromatic heterocycles. The third-order valence-corrected chi connectivity index (χ3v) is 3.23. The highest BCUT2D eigenvalue weighted by molar-refractivity contribution is 9.10. The van der Waals surface area contributed by atoms with E-state index in [1.807, 2.05) is 42.4 Å². The summed E-state index contributed by atoms with van der Waals surface area (Å²) in [6.45, 7) is 3.80. The summed E-state index contributed by atoms with van der Waals surface area (Å²) in [5.74, 6) is -0.285. The van der Waals surface area contributed by atoms with Gasteiger partial charge in [-0.05, 0) is 30.3 Å². The molecular formula is C16H14BrFN2. The van der Waals surface area contributed by atoms with E-state index in [9.17, 15) is 4.39 Å². The van der Waals surface area contributed by atoms with Gasteiger partial charge in [0.25, 0.3) is 0 Å². The Morgan fingerprint density at radius 2 is 2.15 bits per heavy atom. The zero-order chi connectivity index (χ0) is 14.5. The Morgan fingerprint density at radius 3 is 2.75 bits per heavy atom. The molecule has 20 heavy (non-hydrogen) atoms. The summed E-state index contributed by atoms with van der Waals surface area (Å²) in [6.07, 6.45) is 5.33. The van der Waals surface area contributed by atoms with E-state index in [0.29, 0.717) is 4.47 Å². The number of benzene rings is 1. The van der Waals surface area contributed by atoms with Crippen LogP contribution in [0.2, 0.25) is 0 Å². The first-order chi connectivity index (χ1) is 9.60. The van der Waals surface area contributed by atoms with Crippen molar-refractivity contribution in [2.24, 2.45) is 0 Å². The lowest BCUT2D eigenvalue weighted by atomic mass is 10.2. The first kappa shape index (κ1) is 14.5. The largest absolute Gasteiger partial charge is 0.350 e. The van der Waals surface area contributed by atoms with Crippen molar-refractivity contribution < 1.29 is 4.39 Å². The highest BCUT2D eigenvalue weighted by atomic mass is 79.9. The topological polar surface area (TPSA) is 16.1 Å². The number of pyridine rings is 1. The number of hydrogen-bond donors (Lipinski definition) is 0. The van der Waals surface area contributed by atoms with E-state index in [1.165, 1.54) is 12.1 Å². The maximum atomic E-state index is 13.4. The summed E-state index contributed by atoms with van der Waals surface area (Å²) < 4.78 is 14.1. The molecule has 0 spiro atoms. The fourth-order valence-corrected chi connectivity index (χ4v) is 2.24. The van der Waals surface area contributed by atoms with Crippen LogP contribution in [-0.2, 0) is 0 Å². The molecule has 0 unspecified atom stereocenters. The van der Waals surface area contributed by atoms with Crippen LogP contribution < -0.4 is 4.90 Å². The van der Waals surface area contributed by atoms with Crippen molar-refractivity contribution in [1.82, 2.24) is 4.98 Å². The lowest BCUT2D eigenvalue weighted by molar-refractivity contribution is 0.627. The van der Waals surface area contributed by atoms with Crippen LogP contribution in [-0.4, -0.2) is 12.0 Å². The molecule has 0 aliphatic carbocycles. The normalized spacial score (nSPS) is 11.2. The van der Waals surface area contributed by atoms with Crippen LogP contribution in [0, 0.1) is 5.82 Å². The smallest absolute Gasteiger partial charge is 0.126 e. The van der Waals surface area contributed by atoms with Crippen molar-refractivity contribution >= 4 is 27.2 Å². The van der Waals surface area contributed by atoms with E-state index < -0.39 is 0 Å². The number of allylic oxidation sites excluding steroid dienone is 2. The highest BCUT2D eigenvalue weighted by Gasteiger charge is 2.05. The zero-order valence-electron chi connectivity index (χ0n) is 11.1. The molecule has 102 valence electrons. The average Bonchev–Trinajstić information content (AvgIpc) is 2.44. The molecule has 0 atom stereocenters. The van der Waals surface area contributed by atoms with Gasteiger partial charge < -0.3 is 4.90 Å². The number of nitrogens with zero attached hydrogens (tertiary/aromatic N) is 2. The SMILES string of the molecule is C=C/C(=C\N(C)c1cc(F)cc(Br)c1)c1ccccn1. The summed E-state index contributed by atoms with van der Waals surface area (Å²) >= 11 is 3.29. The van der Waals surface area contributed by atoms with Gasteiger partial charge in [-0.1, -0.05) is 34.7 Å². The Hall–Kier alpha value is -1.94.